The monoisotopic (exact) mass is 291 g/mol. The number of aromatic amines is 1. The highest BCUT2D eigenvalue weighted by atomic mass is 32.2. The largest absolute Gasteiger partial charge is 0.278 e. The quantitative estimate of drug-likeness (QED) is 0.708. The van der Waals surface area contributed by atoms with Gasteiger partial charge >= 0.3 is 0 Å². The van der Waals surface area contributed by atoms with E-state index in [2.05, 4.69) is 30.4 Å². The first-order valence-electron chi connectivity index (χ1n) is 5.51. The normalized spacial score (nSPS) is 11.4. The van der Waals surface area contributed by atoms with Crippen LogP contribution in [0.2, 0.25) is 0 Å². The molecule has 0 bridgehead atoms. The molecule has 3 rings (SSSR count). The molecule has 0 saturated carbocycles. The number of benzene rings is 1. The zero-order valence-corrected chi connectivity index (χ0v) is 10.8. The molecule has 2 heterocycles. The average Bonchev–Trinajstić information content (AvgIpc) is 3.13. The van der Waals surface area contributed by atoms with Crippen molar-refractivity contribution in [3.8, 4) is 5.69 Å². The van der Waals surface area contributed by atoms with Gasteiger partial charge in [0.25, 0.3) is 10.0 Å². The summed E-state index contributed by atoms with van der Waals surface area (Å²) in [6.45, 7) is 0. The number of aromatic nitrogens is 6. The summed E-state index contributed by atoms with van der Waals surface area (Å²) >= 11 is 0. The van der Waals surface area contributed by atoms with Crippen molar-refractivity contribution in [1.82, 2.24) is 30.4 Å². The van der Waals surface area contributed by atoms with Crippen molar-refractivity contribution < 1.29 is 8.42 Å². The van der Waals surface area contributed by atoms with Gasteiger partial charge < -0.3 is 0 Å². The van der Waals surface area contributed by atoms with Crippen LogP contribution >= 0.6 is 0 Å². The molecule has 2 aromatic heterocycles. The van der Waals surface area contributed by atoms with Crippen LogP contribution in [-0.2, 0) is 10.0 Å². The van der Waals surface area contributed by atoms with Gasteiger partial charge in [-0.15, -0.1) is 5.10 Å². The van der Waals surface area contributed by atoms with E-state index in [1.807, 2.05) is 0 Å². The highest BCUT2D eigenvalue weighted by Gasteiger charge is 2.17. The van der Waals surface area contributed by atoms with E-state index in [0.29, 0.717) is 11.4 Å². The maximum Gasteiger partial charge on any atom is 0.278 e. The Morgan fingerprint density at radius 2 is 2.05 bits per heavy atom. The van der Waals surface area contributed by atoms with E-state index in [0.717, 1.165) is 0 Å². The first-order valence-corrected chi connectivity index (χ1v) is 7.00. The van der Waals surface area contributed by atoms with Crippen molar-refractivity contribution in [3.05, 3.63) is 42.9 Å². The molecule has 0 atom stereocenters. The van der Waals surface area contributed by atoms with Crippen LogP contribution in [0.3, 0.4) is 0 Å². The van der Waals surface area contributed by atoms with Crippen LogP contribution in [0.4, 0.5) is 5.69 Å². The molecule has 1 aromatic carbocycles. The van der Waals surface area contributed by atoms with E-state index < -0.39 is 10.0 Å². The first kappa shape index (κ1) is 12.3. The van der Waals surface area contributed by atoms with Crippen LogP contribution in [0, 0.1) is 0 Å². The Hall–Kier alpha value is -2.75. The summed E-state index contributed by atoms with van der Waals surface area (Å²) in [5, 5.41) is 16.8. The van der Waals surface area contributed by atoms with Crippen LogP contribution < -0.4 is 4.72 Å². The summed E-state index contributed by atoms with van der Waals surface area (Å²) in [7, 11) is -3.73. The van der Waals surface area contributed by atoms with Crippen molar-refractivity contribution in [2.45, 2.75) is 5.03 Å². The van der Waals surface area contributed by atoms with Gasteiger partial charge in [-0.05, 0) is 28.6 Å². The fourth-order valence-electron chi connectivity index (χ4n) is 1.62. The molecule has 0 unspecified atom stereocenters. The fourth-order valence-corrected chi connectivity index (χ4v) is 2.61. The SMILES string of the molecule is O=S(=O)(Nc1ccccc1-n1cnnn1)c1ccn[nH]1. The summed E-state index contributed by atoms with van der Waals surface area (Å²) in [5.74, 6) is 0. The second kappa shape index (κ2) is 4.74. The molecule has 102 valence electrons. The second-order valence-corrected chi connectivity index (χ2v) is 5.45. The molecule has 0 aliphatic carbocycles. The number of hydrogen-bond acceptors (Lipinski definition) is 6. The lowest BCUT2D eigenvalue weighted by Gasteiger charge is -2.10. The maximum absolute atomic E-state index is 12.1. The van der Waals surface area contributed by atoms with Crippen molar-refractivity contribution in [2.24, 2.45) is 0 Å². The lowest BCUT2D eigenvalue weighted by molar-refractivity contribution is 0.597. The van der Waals surface area contributed by atoms with Gasteiger partial charge in [-0.3, -0.25) is 9.82 Å². The Labute approximate surface area is 113 Å². The fraction of sp³-hybridized carbons (Fsp3) is 0. The summed E-state index contributed by atoms with van der Waals surface area (Å²) in [6.07, 6.45) is 2.74. The van der Waals surface area contributed by atoms with Gasteiger partial charge in [0.1, 0.15) is 6.33 Å². The molecule has 0 saturated heterocycles. The number of H-pyrrole nitrogens is 1. The Morgan fingerprint density at radius 3 is 2.75 bits per heavy atom. The maximum atomic E-state index is 12.1. The minimum atomic E-state index is -3.73. The van der Waals surface area contributed by atoms with Crippen molar-refractivity contribution >= 4 is 15.7 Å². The zero-order valence-electron chi connectivity index (χ0n) is 10.0. The van der Waals surface area contributed by atoms with Gasteiger partial charge in [-0.2, -0.15) is 18.2 Å². The number of nitrogens with one attached hydrogen (secondary N) is 2. The highest BCUT2D eigenvalue weighted by molar-refractivity contribution is 7.92. The molecule has 0 aliphatic heterocycles. The molecule has 20 heavy (non-hydrogen) atoms. The van der Waals surface area contributed by atoms with Gasteiger partial charge in [0.2, 0.25) is 0 Å². The molecule has 0 spiro atoms. The zero-order chi connectivity index (χ0) is 14.0. The van der Waals surface area contributed by atoms with Crippen molar-refractivity contribution in [1.29, 1.82) is 0 Å². The molecule has 0 amide bonds. The number of hydrogen-bond donors (Lipinski definition) is 2. The Balaban J connectivity index is 2.00. The number of nitrogens with zero attached hydrogens (tertiary/aromatic N) is 5. The topological polar surface area (TPSA) is 118 Å². The predicted molar refractivity (Wildman–Crippen MR) is 68.6 cm³/mol. The summed E-state index contributed by atoms with van der Waals surface area (Å²) in [4.78, 5) is 0. The number of para-hydroxylation sites is 2. The van der Waals surface area contributed by atoms with Crippen LogP contribution in [0.5, 0.6) is 0 Å². The standard InChI is InChI=1S/C10H9N7O2S/c18-20(19,10-5-6-11-13-10)14-8-3-1-2-4-9(8)17-7-12-15-16-17/h1-7,14H,(H,11,13). The average molecular weight is 291 g/mol. The molecule has 2 N–H and O–H groups in total. The Morgan fingerprint density at radius 1 is 1.20 bits per heavy atom. The summed E-state index contributed by atoms with van der Waals surface area (Å²) in [6, 6.07) is 8.14. The summed E-state index contributed by atoms with van der Waals surface area (Å²) < 4.78 is 28.1. The summed E-state index contributed by atoms with van der Waals surface area (Å²) in [5.41, 5.74) is 0.870. The lowest BCUT2D eigenvalue weighted by Crippen LogP contribution is -2.15. The van der Waals surface area contributed by atoms with E-state index in [-0.39, 0.29) is 5.03 Å². The number of rotatable bonds is 4. The lowest BCUT2D eigenvalue weighted by atomic mass is 10.3. The third kappa shape index (κ3) is 2.23. The van der Waals surface area contributed by atoms with E-state index in [9.17, 15) is 8.42 Å². The highest BCUT2D eigenvalue weighted by Crippen LogP contribution is 2.21. The molecule has 0 aliphatic rings. The smallest absolute Gasteiger partial charge is 0.276 e. The van der Waals surface area contributed by atoms with Gasteiger partial charge in [0, 0.05) is 0 Å². The third-order valence-corrected chi connectivity index (χ3v) is 3.80. The third-order valence-electron chi connectivity index (χ3n) is 2.51. The molecule has 3 aromatic rings. The predicted octanol–water partition coefficient (Wildman–Crippen LogP) is 0.186. The Kier molecular flexibility index (Phi) is 2.91. The van der Waals surface area contributed by atoms with Gasteiger partial charge in [-0.25, -0.2) is 0 Å². The van der Waals surface area contributed by atoms with E-state index >= 15 is 0 Å². The Bertz CT molecular complexity index is 796. The molecular formula is C10H9N7O2S. The molecule has 9 nitrogen and oxygen atoms in total. The van der Waals surface area contributed by atoms with E-state index in [4.69, 9.17) is 0 Å². The number of anilines is 1. The molecule has 0 radical (unpaired) electrons. The van der Waals surface area contributed by atoms with Crippen LogP contribution in [0.1, 0.15) is 0 Å². The van der Waals surface area contributed by atoms with Crippen molar-refractivity contribution in [2.75, 3.05) is 4.72 Å². The van der Waals surface area contributed by atoms with Crippen molar-refractivity contribution in [3.63, 3.8) is 0 Å². The molecular weight excluding hydrogens is 282 g/mol. The molecule has 10 heteroatoms. The molecule has 0 fully saturated rings. The van der Waals surface area contributed by atoms with E-state index in [1.54, 1.807) is 24.3 Å². The minimum Gasteiger partial charge on any atom is -0.276 e. The van der Waals surface area contributed by atoms with Crippen LogP contribution in [0.15, 0.2) is 47.9 Å². The number of tetrazole rings is 1. The van der Waals surface area contributed by atoms with Gasteiger partial charge in [0.15, 0.2) is 5.03 Å². The van der Waals surface area contributed by atoms with E-state index in [1.165, 1.54) is 23.3 Å². The van der Waals surface area contributed by atoms with Gasteiger partial charge in [-0.1, -0.05) is 12.1 Å². The van der Waals surface area contributed by atoms with Crippen LogP contribution in [-0.4, -0.2) is 38.8 Å². The second-order valence-electron chi connectivity index (χ2n) is 3.80. The van der Waals surface area contributed by atoms with Gasteiger partial charge in [0.05, 0.1) is 17.6 Å². The minimum absolute atomic E-state index is 0.0241. The van der Waals surface area contributed by atoms with Crippen LogP contribution in [0.25, 0.3) is 5.69 Å². The first-order chi connectivity index (χ1) is 9.67. The number of sulfonamides is 1.